The fraction of sp³-hybridized carbons (Fsp3) is 0.240. The second kappa shape index (κ2) is 10.3. The Morgan fingerprint density at radius 3 is 2.26 bits per heavy atom. The van der Waals surface area contributed by atoms with Gasteiger partial charge >= 0.3 is 5.69 Å². The number of para-hydroxylation sites is 1. The van der Waals surface area contributed by atoms with E-state index in [2.05, 4.69) is 36.6 Å². The average Bonchev–Trinajstić information content (AvgIpc) is 3.05. The summed E-state index contributed by atoms with van der Waals surface area (Å²) in [4.78, 5) is 12.4. The van der Waals surface area contributed by atoms with E-state index in [1.165, 1.54) is 15.2 Å². The molecule has 184 valence electrons. The number of imidazole rings is 1. The molecular formula is C25H25Br2N3O4S. The van der Waals surface area contributed by atoms with Crippen LogP contribution in [0.3, 0.4) is 0 Å². The maximum atomic E-state index is 13.5. The predicted molar refractivity (Wildman–Crippen MR) is 144 cm³/mol. The summed E-state index contributed by atoms with van der Waals surface area (Å²) in [7, 11) is -0.662. The normalized spacial score (nSPS) is 12.7. The zero-order chi connectivity index (χ0) is 25.3. The Labute approximate surface area is 221 Å². The highest BCUT2D eigenvalue weighted by Crippen LogP contribution is 2.32. The summed E-state index contributed by atoms with van der Waals surface area (Å²) in [6.45, 7) is 2.25. The number of ether oxygens (including phenoxy) is 1. The topological polar surface area (TPSA) is 82.3 Å². The van der Waals surface area contributed by atoms with Crippen LogP contribution in [0.4, 0.5) is 0 Å². The molecule has 4 aromatic rings. The van der Waals surface area contributed by atoms with Crippen molar-refractivity contribution in [2.24, 2.45) is 14.1 Å². The van der Waals surface area contributed by atoms with Crippen LogP contribution in [-0.2, 0) is 30.7 Å². The van der Waals surface area contributed by atoms with Crippen LogP contribution in [0.5, 0.6) is 5.75 Å². The van der Waals surface area contributed by atoms with Crippen LogP contribution in [0.1, 0.15) is 30.5 Å². The standard InChI is InChI=1S/C25H25Br2N3O4S/c1-4-20(17-10-6-8-12-23(17)34-15-16-9-5-7-11-18(16)26)28-35(32,33)24-14-22-21(13-19(24)27)29(2)25(31)30(22)3/h5-14,20,28H,4,15H2,1-3H3. The average molecular weight is 623 g/mol. The zero-order valence-electron chi connectivity index (χ0n) is 19.5. The van der Waals surface area contributed by atoms with E-state index in [1.54, 1.807) is 20.2 Å². The van der Waals surface area contributed by atoms with Crippen LogP contribution in [0.25, 0.3) is 11.0 Å². The minimum absolute atomic E-state index is 0.0660. The van der Waals surface area contributed by atoms with Crippen molar-refractivity contribution in [3.63, 3.8) is 0 Å². The number of nitrogens with one attached hydrogen (secondary N) is 1. The lowest BCUT2D eigenvalue weighted by Gasteiger charge is -2.21. The van der Waals surface area contributed by atoms with Gasteiger partial charge in [-0.25, -0.2) is 17.9 Å². The quantitative estimate of drug-likeness (QED) is 0.285. The molecule has 4 rings (SSSR count). The van der Waals surface area contributed by atoms with Gasteiger partial charge in [-0.2, -0.15) is 0 Å². The monoisotopic (exact) mass is 621 g/mol. The van der Waals surface area contributed by atoms with Crippen molar-refractivity contribution in [3.8, 4) is 5.75 Å². The van der Waals surface area contributed by atoms with E-state index >= 15 is 0 Å². The van der Waals surface area contributed by atoms with Gasteiger partial charge in [0.2, 0.25) is 10.0 Å². The van der Waals surface area contributed by atoms with Gasteiger partial charge in [-0.15, -0.1) is 0 Å². The fourth-order valence-electron chi connectivity index (χ4n) is 3.99. The second-order valence-corrected chi connectivity index (χ2v) is 11.6. The van der Waals surface area contributed by atoms with Gasteiger partial charge in [0.05, 0.1) is 22.0 Å². The van der Waals surface area contributed by atoms with Gasteiger partial charge in [0.25, 0.3) is 0 Å². The lowest BCUT2D eigenvalue weighted by atomic mass is 10.0. The summed E-state index contributed by atoms with van der Waals surface area (Å²) >= 11 is 6.92. The molecule has 10 heteroatoms. The Morgan fingerprint density at radius 1 is 0.943 bits per heavy atom. The fourth-order valence-corrected chi connectivity index (χ4v) is 6.74. The molecule has 0 aliphatic rings. The highest BCUT2D eigenvalue weighted by Gasteiger charge is 2.26. The lowest BCUT2D eigenvalue weighted by molar-refractivity contribution is 0.299. The highest BCUT2D eigenvalue weighted by atomic mass is 79.9. The van der Waals surface area contributed by atoms with E-state index in [4.69, 9.17) is 4.74 Å². The van der Waals surface area contributed by atoms with E-state index in [9.17, 15) is 13.2 Å². The van der Waals surface area contributed by atoms with Crippen molar-refractivity contribution in [1.82, 2.24) is 13.9 Å². The molecule has 0 amide bonds. The van der Waals surface area contributed by atoms with E-state index in [0.717, 1.165) is 15.6 Å². The van der Waals surface area contributed by atoms with Crippen LogP contribution in [0.15, 0.2) is 79.3 Å². The summed E-state index contributed by atoms with van der Waals surface area (Å²) < 4.78 is 40.2. The molecule has 0 saturated heterocycles. The van der Waals surface area contributed by atoms with Crippen LogP contribution in [0, 0.1) is 0 Å². The third-order valence-corrected chi connectivity index (χ3v) is 9.16. The molecule has 35 heavy (non-hydrogen) atoms. The summed E-state index contributed by atoms with van der Waals surface area (Å²) in [6, 6.07) is 17.9. The molecule has 1 unspecified atom stereocenters. The van der Waals surface area contributed by atoms with Crippen molar-refractivity contribution in [1.29, 1.82) is 0 Å². The minimum atomic E-state index is -3.94. The van der Waals surface area contributed by atoms with Gasteiger partial charge in [0.1, 0.15) is 12.4 Å². The molecule has 0 spiro atoms. The zero-order valence-corrected chi connectivity index (χ0v) is 23.4. The van der Waals surface area contributed by atoms with E-state index in [1.807, 2.05) is 55.5 Å². The van der Waals surface area contributed by atoms with Crippen LogP contribution in [0.2, 0.25) is 0 Å². The van der Waals surface area contributed by atoms with Crippen molar-refractivity contribution >= 4 is 52.9 Å². The number of benzene rings is 3. The molecule has 1 heterocycles. The van der Waals surface area contributed by atoms with Gasteiger partial charge < -0.3 is 4.74 Å². The Morgan fingerprint density at radius 2 is 1.57 bits per heavy atom. The SMILES string of the molecule is CCC(NS(=O)(=O)c1cc2c(cc1Br)n(C)c(=O)n2C)c1ccccc1OCc1ccccc1Br. The molecule has 0 fully saturated rings. The molecule has 0 saturated carbocycles. The van der Waals surface area contributed by atoms with Gasteiger partial charge in [0, 0.05) is 34.2 Å². The number of halogens is 2. The van der Waals surface area contributed by atoms with E-state index in [-0.39, 0.29) is 10.6 Å². The summed E-state index contributed by atoms with van der Waals surface area (Å²) in [6.07, 6.45) is 0.512. The third kappa shape index (κ3) is 5.11. The molecule has 3 aromatic carbocycles. The highest BCUT2D eigenvalue weighted by molar-refractivity contribution is 9.10. The first-order valence-electron chi connectivity index (χ1n) is 11.0. The smallest absolute Gasteiger partial charge is 0.328 e. The summed E-state index contributed by atoms with van der Waals surface area (Å²) in [5, 5.41) is 0. The Balaban J connectivity index is 1.66. The molecule has 0 bridgehead atoms. The number of hydrogen-bond acceptors (Lipinski definition) is 4. The molecule has 1 atom stereocenters. The van der Waals surface area contributed by atoms with Gasteiger partial charge in [-0.3, -0.25) is 9.13 Å². The number of rotatable bonds is 8. The number of aryl methyl sites for hydroxylation is 2. The second-order valence-electron chi connectivity index (χ2n) is 8.17. The molecule has 7 nitrogen and oxygen atoms in total. The van der Waals surface area contributed by atoms with Crippen molar-refractivity contribution < 1.29 is 13.2 Å². The Hall–Kier alpha value is -2.40. The minimum Gasteiger partial charge on any atom is -0.489 e. The van der Waals surface area contributed by atoms with E-state index in [0.29, 0.717) is 34.3 Å². The van der Waals surface area contributed by atoms with Crippen molar-refractivity contribution in [3.05, 3.63) is 91.2 Å². The summed E-state index contributed by atoms with van der Waals surface area (Å²) in [5.41, 5.74) is 2.68. The number of hydrogen-bond donors (Lipinski definition) is 1. The lowest BCUT2D eigenvalue weighted by Crippen LogP contribution is -2.29. The molecular weight excluding hydrogens is 598 g/mol. The van der Waals surface area contributed by atoms with Crippen molar-refractivity contribution in [2.75, 3.05) is 0 Å². The summed E-state index contributed by atoms with van der Waals surface area (Å²) in [5.74, 6) is 0.609. The van der Waals surface area contributed by atoms with Gasteiger partial charge in [0.15, 0.2) is 0 Å². The first kappa shape index (κ1) is 25.7. The molecule has 0 radical (unpaired) electrons. The number of sulfonamides is 1. The predicted octanol–water partition coefficient (Wildman–Crippen LogP) is 5.41. The van der Waals surface area contributed by atoms with Crippen LogP contribution < -0.4 is 15.1 Å². The van der Waals surface area contributed by atoms with E-state index < -0.39 is 16.1 Å². The maximum Gasteiger partial charge on any atom is 0.328 e. The first-order chi connectivity index (χ1) is 16.6. The largest absolute Gasteiger partial charge is 0.489 e. The van der Waals surface area contributed by atoms with Gasteiger partial charge in [-0.1, -0.05) is 59.3 Å². The number of fused-ring (bicyclic) bond motifs is 1. The number of nitrogens with zero attached hydrogens (tertiary/aromatic N) is 2. The molecule has 1 N–H and O–H groups in total. The molecule has 0 aliphatic carbocycles. The first-order valence-corrected chi connectivity index (χ1v) is 14.0. The third-order valence-electron chi connectivity index (χ3n) is 5.96. The van der Waals surface area contributed by atoms with Crippen molar-refractivity contribution in [2.45, 2.75) is 30.9 Å². The van der Waals surface area contributed by atoms with Gasteiger partial charge in [-0.05, 0) is 46.6 Å². The Bertz CT molecular complexity index is 1560. The van der Waals surface area contributed by atoms with Crippen LogP contribution in [-0.4, -0.2) is 17.6 Å². The number of aromatic nitrogens is 2. The molecule has 1 aromatic heterocycles. The maximum absolute atomic E-state index is 13.5. The molecule has 0 aliphatic heterocycles. The van der Waals surface area contributed by atoms with Crippen LogP contribution >= 0.6 is 31.9 Å². The Kier molecular flexibility index (Phi) is 7.56.